The van der Waals surface area contributed by atoms with Crippen molar-refractivity contribution in [3.8, 4) is 11.1 Å². The molecule has 11 heteroatoms. The molecule has 0 unspecified atom stereocenters. The predicted octanol–water partition coefficient (Wildman–Crippen LogP) is 5.23. The highest BCUT2D eigenvalue weighted by molar-refractivity contribution is 7.98. The SMILES string of the molecule is CSCC[C@H](Nc1ccc(-c2cc(C)cc(Nc3nccc(C(F)(F)F)n3)c2)cn1)C(=O)O. The zero-order valence-electron chi connectivity index (χ0n) is 17.8. The number of thioether (sulfide) groups is 1. The third-order valence-electron chi connectivity index (χ3n) is 4.61. The first kappa shape index (κ1) is 24.3. The Labute approximate surface area is 192 Å². The molecule has 1 atom stereocenters. The van der Waals surface area contributed by atoms with E-state index in [0.29, 0.717) is 23.7 Å². The van der Waals surface area contributed by atoms with E-state index in [9.17, 15) is 23.1 Å². The minimum absolute atomic E-state index is 0.163. The quantitative estimate of drug-likeness (QED) is 0.385. The minimum atomic E-state index is -4.56. The van der Waals surface area contributed by atoms with Crippen molar-refractivity contribution in [2.75, 3.05) is 22.6 Å². The molecule has 0 aliphatic carbocycles. The molecule has 0 saturated carbocycles. The highest BCUT2D eigenvalue weighted by Crippen LogP contribution is 2.29. The smallest absolute Gasteiger partial charge is 0.433 e. The van der Waals surface area contributed by atoms with Crippen LogP contribution in [-0.2, 0) is 11.0 Å². The fraction of sp³-hybridized carbons (Fsp3) is 0.273. The summed E-state index contributed by atoms with van der Waals surface area (Å²) in [4.78, 5) is 23.1. The molecule has 0 spiro atoms. The molecule has 0 bridgehead atoms. The van der Waals surface area contributed by atoms with E-state index in [-0.39, 0.29) is 5.95 Å². The van der Waals surface area contributed by atoms with Crippen molar-refractivity contribution in [1.82, 2.24) is 15.0 Å². The number of carboxylic acids is 1. The van der Waals surface area contributed by atoms with E-state index in [4.69, 9.17) is 0 Å². The Morgan fingerprint density at radius 2 is 1.94 bits per heavy atom. The van der Waals surface area contributed by atoms with E-state index in [2.05, 4.69) is 25.6 Å². The highest BCUT2D eigenvalue weighted by atomic mass is 32.2. The maximum Gasteiger partial charge on any atom is 0.433 e. The Hall–Kier alpha value is -3.34. The van der Waals surface area contributed by atoms with E-state index in [0.717, 1.165) is 29.0 Å². The molecule has 3 rings (SSSR count). The summed E-state index contributed by atoms with van der Waals surface area (Å²) in [6.07, 6.45) is 0.470. The van der Waals surface area contributed by atoms with Gasteiger partial charge in [-0.25, -0.2) is 19.7 Å². The molecule has 3 aromatic rings. The van der Waals surface area contributed by atoms with Crippen molar-refractivity contribution in [2.45, 2.75) is 25.6 Å². The molecule has 0 aliphatic heterocycles. The van der Waals surface area contributed by atoms with Crippen LogP contribution in [0.2, 0.25) is 0 Å². The van der Waals surface area contributed by atoms with E-state index >= 15 is 0 Å². The lowest BCUT2D eigenvalue weighted by Gasteiger charge is -2.15. The molecule has 2 heterocycles. The Kier molecular flexibility index (Phi) is 7.75. The van der Waals surface area contributed by atoms with Crippen LogP contribution in [0, 0.1) is 6.92 Å². The Balaban J connectivity index is 1.79. The summed E-state index contributed by atoms with van der Waals surface area (Å²) in [5.74, 6) is 0.0391. The van der Waals surface area contributed by atoms with Crippen LogP contribution in [0.5, 0.6) is 0 Å². The number of benzene rings is 1. The van der Waals surface area contributed by atoms with E-state index < -0.39 is 23.9 Å². The molecular weight excluding hydrogens is 455 g/mol. The summed E-state index contributed by atoms with van der Waals surface area (Å²) < 4.78 is 38.7. The number of aryl methyl sites for hydroxylation is 1. The second-order valence-electron chi connectivity index (χ2n) is 7.22. The highest BCUT2D eigenvalue weighted by Gasteiger charge is 2.32. The number of carboxylic acid groups (broad SMARTS) is 1. The van der Waals surface area contributed by atoms with Crippen molar-refractivity contribution in [3.05, 3.63) is 60.0 Å². The first-order valence-electron chi connectivity index (χ1n) is 9.89. The van der Waals surface area contributed by atoms with Gasteiger partial charge in [0.2, 0.25) is 5.95 Å². The summed E-state index contributed by atoms with van der Waals surface area (Å²) in [7, 11) is 0. The van der Waals surface area contributed by atoms with Gasteiger partial charge in [0.05, 0.1) is 0 Å². The lowest BCUT2D eigenvalue weighted by molar-refractivity contribution is -0.141. The van der Waals surface area contributed by atoms with Gasteiger partial charge in [-0.2, -0.15) is 24.9 Å². The number of aliphatic carboxylic acids is 1. The summed E-state index contributed by atoms with van der Waals surface area (Å²) in [5, 5.41) is 15.1. The standard InChI is InChI=1S/C22H22F3N5O2S/c1-13-9-15(11-16(10-13)28-21-26-7-5-18(30-21)22(23,24)25)14-3-4-19(27-12-14)29-17(20(31)32)6-8-33-2/h3-5,7,9-12,17H,6,8H2,1-2H3,(H,27,29)(H,31,32)(H,26,28,30)/t17-/m0/s1. The minimum Gasteiger partial charge on any atom is -0.480 e. The van der Waals surface area contributed by atoms with Crippen molar-refractivity contribution < 1.29 is 23.1 Å². The summed E-state index contributed by atoms with van der Waals surface area (Å²) >= 11 is 1.57. The fourth-order valence-electron chi connectivity index (χ4n) is 3.05. The third-order valence-corrected chi connectivity index (χ3v) is 5.25. The number of pyridine rings is 1. The lowest BCUT2D eigenvalue weighted by Crippen LogP contribution is -2.30. The van der Waals surface area contributed by atoms with Crippen LogP contribution in [0.25, 0.3) is 11.1 Å². The molecule has 0 radical (unpaired) electrons. The number of hydrogen-bond acceptors (Lipinski definition) is 7. The number of alkyl halides is 3. The third kappa shape index (κ3) is 6.82. The molecule has 33 heavy (non-hydrogen) atoms. The average Bonchev–Trinajstić information content (AvgIpc) is 2.76. The van der Waals surface area contributed by atoms with Crippen molar-refractivity contribution in [3.63, 3.8) is 0 Å². The molecule has 7 nitrogen and oxygen atoms in total. The van der Waals surface area contributed by atoms with Crippen molar-refractivity contribution in [2.24, 2.45) is 0 Å². The number of aromatic nitrogens is 3. The number of carbonyl (C=O) groups is 1. The van der Waals surface area contributed by atoms with Crippen molar-refractivity contribution >= 4 is 35.2 Å². The van der Waals surface area contributed by atoms with Gasteiger partial charge in [-0.3, -0.25) is 0 Å². The largest absolute Gasteiger partial charge is 0.480 e. The second kappa shape index (κ2) is 10.5. The number of halogens is 3. The van der Waals surface area contributed by atoms with Gasteiger partial charge in [0.15, 0.2) is 0 Å². The predicted molar refractivity (Wildman–Crippen MR) is 123 cm³/mol. The van der Waals surface area contributed by atoms with Crippen LogP contribution in [0.3, 0.4) is 0 Å². The van der Waals surface area contributed by atoms with Crippen LogP contribution >= 0.6 is 11.8 Å². The van der Waals surface area contributed by atoms with E-state index in [1.54, 1.807) is 42.2 Å². The van der Waals surface area contributed by atoms with Gasteiger partial charge in [0, 0.05) is 23.6 Å². The summed E-state index contributed by atoms with van der Waals surface area (Å²) in [6.45, 7) is 1.86. The Morgan fingerprint density at radius 1 is 1.15 bits per heavy atom. The van der Waals surface area contributed by atoms with Gasteiger partial charge >= 0.3 is 12.1 Å². The maximum atomic E-state index is 12.9. The van der Waals surface area contributed by atoms with Crippen LogP contribution < -0.4 is 10.6 Å². The van der Waals surface area contributed by atoms with Crippen LogP contribution in [-0.4, -0.2) is 44.1 Å². The zero-order valence-corrected chi connectivity index (χ0v) is 18.7. The van der Waals surface area contributed by atoms with E-state index in [1.165, 1.54) is 0 Å². The van der Waals surface area contributed by atoms with Gasteiger partial charge in [0.1, 0.15) is 17.6 Å². The molecule has 0 fully saturated rings. The number of hydrogen-bond donors (Lipinski definition) is 3. The van der Waals surface area contributed by atoms with Gasteiger partial charge < -0.3 is 15.7 Å². The van der Waals surface area contributed by atoms with Gasteiger partial charge in [-0.15, -0.1) is 0 Å². The van der Waals surface area contributed by atoms with Crippen LogP contribution in [0.4, 0.5) is 30.6 Å². The van der Waals surface area contributed by atoms with Gasteiger partial charge in [-0.05, 0) is 66.8 Å². The molecular formula is C22H22F3N5O2S. The summed E-state index contributed by atoms with van der Waals surface area (Å²) in [6, 6.07) is 8.97. The van der Waals surface area contributed by atoms with Gasteiger partial charge in [0.25, 0.3) is 0 Å². The zero-order chi connectivity index (χ0) is 24.0. The second-order valence-corrected chi connectivity index (χ2v) is 8.21. The normalized spacial score (nSPS) is 12.3. The molecule has 0 saturated heterocycles. The van der Waals surface area contributed by atoms with Crippen LogP contribution in [0.15, 0.2) is 48.8 Å². The fourth-order valence-corrected chi connectivity index (χ4v) is 3.52. The number of nitrogens with one attached hydrogen (secondary N) is 2. The topological polar surface area (TPSA) is 100 Å². The monoisotopic (exact) mass is 477 g/mol. The summed E-state index contributed by atoms with van der Waals surface area (Å²) in [5.41, 5.74) is 1.90. The van der Waals surface area contributed by atoms with Gasteiger partial charge in [-0.1, -0.05) is 6.07 Å². The Bertz CT molecular complexity index is 1110. The van der Waals surface area contributed by atoms with Crippen molar-refractivity contribution in [1.29, 1.82) is 0 Å². The number of rotatable bonds is 9. The lowest BCUT2D eigenvalue weighted by atomic mass is 10.0. The van der Waals surface area contributed by atoms with Crippen LogP contribution in [0.1, 0.15) is 17.7 Å². The molecule has 3 N–H and O–H groups in total. The maximum absolute atomic E-state index is 12.9. The molecule has 174 valence electrons. The molecule has 1 aromatic carbocycles. The first-order valence-corrected chi connectivity index (χ1v) is 11.3. The number of anilines is 3. The first-order chi connectivity index (χ1) is 15.7. The molecule has 2 aromatic heterocycles. The average molecular weight is 478 g/mol. The molecule has 0 amide bonds. The molecule has 0 aliphatic rings. The van der Waals surface area contributed by atoms with E-state index in [1.807, 2.05) is 19.2 Å². The Morgan fingerprint density at radius 3 is 2.58 bits per heavy atom. The number of nitrogens with zero attached hydrogens (tertiary/aromatic N) is 3.